The van der Waals surface area contributed by atoms with Gasteiger partial charge in [0.15, 0.2) is 6.33 Å². The van der Waals surface area contributed by atoms with E-state index in [4.69, 9.17) is 0 Å². The Bertz CT molecular complexity index is 823. The van der Waals surface area contributed by atoms with Gasteiger partial charge in [0, 0.05) is 30.1 Å². The van der Waals surface area contributed by atoms with E-state index in [1.54, 1.807) is 18.5 Å². The molecule has 0 fully saturated rings. The minimum Gasteiger partial charge on any atom is -0.321 e. The number of aryl methyl sites for hydroxylation is 1. The molecule has 6 heteroatoms. The van der Waals surface area contributed by atoms with E-state index in [-0.39, 0.29) is 0 Å². The van der Waals surface area contributed by atoms with Gasteiger partial charge < -0.3 is 4.57 Å². The molecule has 0 unspecified atom stereocenters. The van der Waals surface area contributed by atoms with E-state index in [0.29, 0.717) is 17.8 Å². The molecule has 24 heavy (non-hydrogen) atoms. The summed E-state index contributed by atoms with van der Waals surface area (Å²) in [6.45, 7) is 2.71. The van der Waals surface area contributed by atoms with Crippen LogP contribution in [-0.2, 0) is 12.7 Å². The van der Waals surface area contributed by atoms with Crippen LogP contribution in [0.2, 0.25) is 0 Å². The second-order valence-corrected chi connectivity index (χ2v) is 5.38. The summed E-state index contributed by atoms with van der Waals surface area (Å²) in [4.78, 5) is 8.25. The Morgan fingerprint density at radius 3 is 2.50 bits per heavy atom. The Morgan fingerprint density at radius 2 is 1.83 bits per heavy atom. The van der Waals surface area contributed by atoms with Crippen molar-refractivity contribution >= 4 is 0 Å². The zero-order valence-electron chi connectivity index (χ0n) is 13.0. The Balaban J connectivity index is 2.16. The molecule has 0 aliphatic rings. The molecule has 3 nitrogen and oxygen atoms in total. The van der Waals surface area contributed by atoms with Crippen molar-refractivity contribution < 1.29 is 13.2 Å². The predicted octanol–water partition coefficient (Wildman–Crippen LogP) is 4.84. The second kappa shape index (κ2) is 6.47. The molecule has 123 valence electrons. The van der Waals surface area contributed by atoms with E-state index in [1.807, 2.05) is 23.6 Å². The molecule has 0 aliphatic heterocycles. The Morgan fingerprint density at radius 1 is 1.08 bits per heavy atom. The summed E-state index contributed by atoms with van der Waals surface area (Å²) in [6.07, 6.45) is 2.67. The summed E-state index contributed by atoms with van der Waals surface area (Å²) < 4.78 is 40.8. The van der Waals surface area contributed by atoms with Crippen molar-refractivity contribution in [1.82, 2.24) is 14.5 Å². The quantitative estimate of drug-likeness (QED) is 0.685. The Hall–Kier alpha value is -2.63. The first kappa shape index (κ1) is 16.2. The van der Waals surface area contributed by atoms with E-state index < -0.39 is 11.7 Å². The van der Waals surface area contributed by atoms with Gasteiger partial charge in [-0.2, -0.15) is 13.2 Å². The Labute approximate surface area is 137 Å². The highest BCUT2D eigenvalue weighted by atomic mass is 19.4. The van der Waals surface area contributed by atoms with Crippen molar-refractivity contribution in [1.29, 1.82) is 0 Å². The largest absolute Gasteiger partial charge is 0.416 e. The third-order valence-electron chi connectivity index (χ3n) is 3.64. The first-order chi connectivity index (χ1) is 11.5. The average molecular weight is 330 g/mol. The van der Waals surface area contributed by atoms with E-state index in [0.717, 1.165) is 29.8 Å². The molecule has 1 radical (unpaired) electrons. The zero-order chi connectivity index (χ0) is 17.2. The van der Waals surface area contributed by atoms with Crippen molar-refractivity contribution in [3.05, 3.63) is 60.7 Å². The zero-order valence-corrected chi connectivity index (χ0v) is 13.0. The average Bonchev–Trinajstić information content (AvgIpc) is 2.99. The van der Waals surface area contributed by atoms with Gasteiger partial charge in [-0.25, -0.2) is 4.98 Å². The maximum Gasteiger partial charge on any atom is 0.416 e. The summed E-state index contributed by atoms with van der Waals surface area (Å²) in [6, 6.07) is 8.83. The van der Waals surface area contributed by atoms with Crippen LogP contribution in [0.4, 0.5) is 13.2 Å². The number of rotatable bonds is 4. The van der Waals surface area contributed by atoms with Crippen molar-refractivity contribution in [3.63, 3.8) is 0 Å². The van der Waals surface area contributed by atoms with Crippen molar-refractivity contribution in [2.75, 3.05) is 0 Å². The van der Waals surface area contributed by atoms with Crippen LogP contribution < -0.4 is 0 Å². The molecule has 2 aromatic heterocycles. The fourth-order valence-electron chi connectivity index (χ4n) is 2.57. The molecule has 3 aromatic rings. The molecular weight excluding hydrogens is 315 g/mol. The number of aromatic nitrogens is 3. The van der Waals surface area contributed by atoms with Crippen LogP contribution in [-0.4, -0.2) is 14.5 Å². The van der Waals surface area contributed by atoms with Crippen LogP contribution >= 0.6 is 0 Å². The maximum absolute atomic E-state index is 13.0. The molecule has 0 bridgehead atoms. The van der Waals surface area contributed by atoms with E-state index >= 15 is 0 Å². The van der Waals surface area contributed by atoms with Gasteiger partial charge >= 0.3 is 6.18 Å². The lowest BCUT2D eigenvalue weighted by molar-refractivity contribution is -0.137. The molecule has 0 amide bonds. The SMILES string of the molecule is CCCn1[c]nc(-c2cccc(C(F)(F)F)c2)c1-c1ccncc1. The van der Waals surface area contributed by atoms with Crippen molar-refractivity contribution in [2.24, 2.45) is 0 Å². The number of benzene rings is 1. The molecular formula is C18H15F3N3. The molecule has 3 rings (SSSR count). The van der Waals surface area contributed by atoms with Crippen LogP contribution in [0.15, 0.2) is 48.8 Å². The second-order valence-electron chi connectivity index (χ2n) is 5.38. The third kappa shape index (κ3) is 3.18. The Kier molecular flexibility index (Phi) is 4.38. The molecule has 0 N–H and O–H groups in total. The number of nitrogens with zero attached hydrogens (tertiary/aromatic N) is 3. The van der Waals surface area contributed by atoms with Gasteiger partial charge in [-0.15, -0.1) is 0 Å². The van der Waals surface area contributed by atoms with E-state index in [9.17, 15) is 13.2 Å². The molecule has 0 saturated carbocycles. The topological polar surface area (TPSA) is 30.7 Å². The molecule has 2 heterocycles. The number of hydrogen-bond acceptors (Lipinski definition) is 2. The minimum absolute atomic E-state index is 0.419. The van der Waals surface area contributed by atoms with Crippen LogP contribution in [0.3, 0.4) is 0 Å². The number of imidazole rings is 1. The van der Waals surface area contributed by atoms with E-state index in [2.05, 4.69) is 16.3 Å². The number of halogens is 3. The predicted molar refractivity (Wildman–Crippen MR) is 85.0 cm³/mol. The lowest BCUT2D eigenvalue weighted by Gasteiger charge is -2.11. The number of alkyl halides is 3. The number of pyridine rings is 1. The van der Waals surface area contributed by atoms with Gasteiger partial charge in [0.05, 0.1) is 17.0 Å². The molecule has 1 aromatic carbocycles. The standard InChI is InChI=1S/C18H15F3N3/c1-2-10-24-12-23-16(17(24)13-6-8-22-9-7-13)14-4-3-5-15(11-14)18(19,20)21/h3-9,11H,2,10H2,1H3. The summed E-state index contributed by atoms with van der Waals surface area (Å²) in [5.74, 6) is 0. The van der Waals surface area contributed by atoms with Crippen molar-refractivity contribution in [3.8, 4) is 22.5 Å². The highest BCUT2D eigenvalue weighted by Crippen LogP contribution is 2.35. The lowest BCUT2D eigenvalue weighted by atomic mass is 10.0. The van der Waals surface area contributed by atoms with Crippen LogP contribution in [0, 0.1) is 6.33 Å². The third-order valence-corrected chi connectivity index (χ3v) is 3.64. The molecule has 0 atom stereocenters. The van der Waals surface area contributed by atoms with Crippen LogP contribution in [0.25, 0.3) is 22.5 Å². The van der Waals surface area contributed by atoms with Gasteiger partial charge in [-0.3, -0.25) is 4.98 Å². The van der Waals surface area contributed by atoms with Gasteiger partial charge in [-0.1, -0.05) is 19.1 Å². The summed E-state index contributed by atoms with van der Waals surface area (Å²) in [7, 11) is 0. The monoisotopic (exact) mass is 330 g/mol. The summed E-state index contributed by atoms with van der Waals surface area (Å²) in [5.41, 5.74) is 1.81. The van der Waals surface area contributed by atoms with Gasteiger partial charge in [-0.05, 0) is 30.7 Å². The summed E-state index contributed by atoms with van der Waals surface area (Å²) in [5, 5.41) is 0. The van der Waals surface area contributed by atoms with Gasteiger partial charge in [0.25, 0.3) is 0 Å². The summed E-state index contributed by atoms with van der Waals surface area (Å²) >= 11 is 0. The molecule has 0 spiro atoms. The van der Waals surface area contributed by atoms with E-state index in [1.165, 1.54) is 6.07 Å². The highest BCUT2D eigenvalue weighted by molar-refractivity contribution is 5.78. The lowest BCUT2D eigenvalue weighted by Crippen LogP contribution is -2.04. The molecule has 0 aliphatic carbocycles. The minimum atomic E-state index is -4.39. The van der Waals surface area contributed by atoms with Crippen LogP contribution in [0.5, 0.6) is 0 Å². The van der Waals surface area contributed by atoms with Gasteiger partial charge in [0.1, 0.15) is 0 Å². The van der Waals surface area contributed by atoms with Crippen molar-refractivity contribution in [2.45, 2.75) is 26.1 Å². The highest BCUT2D eigenvalue weighted by Gasteiger charge is 2.31. The fourth-order valence-corrected chi connectivity index (χ4v) is 2.57. The van der Waals surface area contributed by atoms with Crippen LogP contribution in [0.1, 0.15) is 18.9 Å². The first-order valence-electron chi connectivity index (χ1n) is 7.57. The molecule has 0 saturated heterocycles. The first-order valence-corrected chi connectivity index (χ1v) is 7.57. The normalized spacial score (nSPS) is 11.7. The maximum atomic E-state index is 13.0. The fraction of sp³-hybridized carbons (Fsp3) is 0.222. The van der Waals surface area contributed by atoms with Gasteiger partial charge in [0.2, 0.25) is 0 Å². The number of hydrogen-bond donors (Lipinski definition) is 0. The smallest absolute Gasteiger partial charge is 0.321 e.